The molecule has 0 N–H and O–H groups in total. The van der Waals surface area contributed by atoms with Gasteiger partial charge in [0.25, 0.3) is 5.56 Å². The van der Waals surface area contributed by atoms with Crippen molar-refractivity contribution in [2.24, 2.45) is 7.05 Å². The maximum Gasteiger partial charge on any atom is 0.251 e. The number of anilines is 1. The number of aryl methyl sites for hydroxylation is 1. The predicted octanol–water partition coefficient (Wildman–Crippen LogP) is 4.19. The van der Waals surface area contributed by atoms with Gasteiger partial charge >= 0.3 is 0 Å². The van der Waals surface area contributed by atoms with Gasteiger partial charge in [-0.2, -0.15) is 0 Å². The van der Waals surface area contributed by atoms with Crippen LogP contribution in [0.5, 0.6) is 0 Å². The van der Waals surface area contributed by atoms with Gasteiger partial charge in [-0.25, -0.2) is 9.37 Å². The number of benzene rings is 1. The molecule has 1 aromatic carbocycles. The Morgan fingerprint density at radius 3 is 2.72 bits per heavy atom. The minimum absolute atomic E-state index is 0.142. The SMILES string of the molecule is Cn1cc(-c2ccn(Cc3cc(F)cc(Br)c3)c(=O)c2)c2cc(N3CCOCC3)cnc21. The Morgan fingerprint density at radius 2 is 1.97 bits per heavy atom. The van der Waals surface area contributed by atoms with Crippen LogP contribution in [0.2, 0.25) is 0 Å². The van der Waals surface area contributed by atoms with Gasteiger partial charge in [-0.3, -0.25) is 4.79 Å². The summed E-state index contributed by atoms with van der Waals surface area (Å²) in [5.74, 6) is -0.335. The van der Waals surface area contributed by atoms with E-state index in [1.807, 2.05) is 36.1 Å². The molecule has 0 aliphatic carbocycles. The van der Waals surface area contributed by atoms with E-state index in [0.29, 0.717) is 24.2 Å². The molecule has 8 heteroatoms. The molecule has 1 saturated heterocycles. The third-order valence-corrected chi connectivity index (χ3v) is 6.22. The van der Waals surface area contributed by atoms with Crippen LogP contribution in [0.15, 0.2) is 64.3 Å². The van der Waals surface area contributed by atoms with Gasteiger partial charge < -0.3 is 18.8 Å². The molecule has 4 aromatic rings. The van der Waals surface area contributed by atoms with Crippen molar-refractivity contribution in [2.75, 3.05) is 31.2 Å². The molecule has 0 spiro atoms. The summed E-state index contributed by atoms with van der Waals surface area (Å²) >= 11 is 3.30. The molecule has 0 saturated carbocycles. The van der Waals surface area contributed by atoms with E-state index in [9.17, 15) is 9.18 Å². The maximum absolute atomic E-state index is 13.7. The zero-order valence-electron chi connectivity index (χ0n) is 17.6. The normalized spacial score (nSPS) is 14.3. The van der Waals surface area contributed by atoms with E-state index in [0.717, 1.165) is 46.5 Å². The average Bonchev–Trinajstić information content (AvgIpc) is 3.11. The van der Waals surface area contributed by atoms with Gasteiger partial charge in [0.1, 0.15) is 11.5 Å². The molecular formula is C24H22BrFN4O2. The van der Waals surface area contributed by atoms with E-state index in [-0.39, 0.29) is 11.4 Å². The number of pyridine rings is 2. The zero-order valence-corrected chi connectivity index (χ0v) is 19.2. The zero-order chi connectivity index (χ0) is 22.2. The molecule has 32 heavy (non-hydrogen) atoms. The second kappa shape index (κ2) is 8.52. The maximum atomic E-state index is 13.7. The highest BCUT2D eigenvalue weighted by molar-refractivity contribution is 9.10. The van der Waals surface area contributed by atoms with E-state index in [2.05, 4.69) is 31.9 Å². The van der Waals surface area contributed by atoms with Crippen molar-refractivity contribution >= 4 is 32.7 Å². The first-order chi connectivity index (χ1) is 15.5. The highest BCUT2D eigenvalue weighted by Crippen LogP contribution is 2.31. The Bertz CT molecular complexity index is 1340. The molecule has 5 rings (SSSR count). The summed E-state index contributed by atoms with van der Waals surface area (Å²) in [6, 6.07) is 10.3. The quantitative estimate of drug-likeness (QED) is 0.425. The summed E-state index contributed by atoms with van der Waals surface area (Å²) in [4.78, 5) is 19.8. The highest BCUT2D eigenvalue weighted by Gasteiger charge is 2.16. The van der Waals surface area contributed by atoms with Crippen LogP contribution in [0.4, 0.5) is 10.1 Å². The lowest BCUT2D eigenvalue weighted by molar-refractivity contribution is 0.122. The van der Waals surface area contributed by atoms with Crippen LogP contribution in [0, 0.1) is 5.82 Å². The lowest BCUT2D eigenvalue weighted by Crippen LogP contribution is -2.36. The molecule has 1 aliphatic heterocycles. The monoisotopic (exact) mass is 496 g/mol. The molecule has 6 nitrogen and oxygen atoms in total. The van der Waals surface area contributed by atoms with Crippen molar-refractivity contribution < 1.29 is 9.13 Å². The number of aromatic nitrogens is 3. The molecule has 4 heterocycles. The molecule has 164 valence electrons. The number of rotatable bonds is 4. The van der Waals surface area contributed by atoms with E-state index in [1.165, 1.54) is 12.1 Å². The Kier molecular flexibility index (Phi) is 5.57. The van der Waals surface area contributed by atoms with Gasteiger partial charge in [0.15, 0.2) is 0 Å². The van der Waals surface area contributed by atoms with E-state index < -0.39 is 0 Å². The summed E-state index contributed by atoms with van der Waals surface area (Å²) < 4.78 is 23.4. The standard InChI is InChI=1S/C24H22BrFN4O2/c1-28-15-22(21-12-20(13-27-24(21)28)29-4-6-32-7-5-29)17-2-3-30(23(31)10-17)14-16-8-18(25)11-19(26)9-16/h2-3,8-13,15H,4-7,14H2,1H3. The predicted molar refractivity (Wildman–Crippen MR) is 127 cm³/mol. The van der Waals surface area contributed by atoms with Crippen LogP contribution in [0.25, 0.3) is 22.2 Å². The Morgan fingerprint density at radius 1 is 1.16 bits per heavy atom. The number of hydrogen-bond acceptors (Lipinski definition) is 4. The first-order valence-electron chi connectivity index (χ1n) is 10.4. The van der Waals surface area contributed by atoms with Crippen LogP contribution in [-0.4, -0.2) is 40.4 Å². The van der Waals surface area contributed by atoms with E-state index in [4.69, 9.17) is 4.74 Å². The molecule has 0 bridgehead atoms. The Hall–Kier alpha value is -2.97. The van der Waals surface area contributed by atoms with Crippen LogP contribution < -0.4 is 10.5 Å². The van der Waals surface area contributed by atoms with Crippen LogP contribution >= 0.6 is 15.9 Å². The Labute approximate surface area is 193 Å². The fourth-order valence-corrected chi connectivity index (χ4v) is 4.69. The fourth-order valence-electron chi connectivity index (χ4n) is 4.18. The second-order valence-electron chi connectivity index (χ2n) is 7.98. The summed E-state index contributed by atoms with van der Waals surface area (Å²) in [6.07, 6.45) is 5.66. The second-order valence-corrected chi connectivity index (χ2v) is 8.89. The van der Waals surface area contributed by atoms with Crippen LogP contribution in [0.1, 0.15) is 5.56 Å². The molecule has 0 amide bonds. The van der Waals surface area contributed by atoms with Crippen molar-refractivity contribution in [3.63, 3.8) is 0 Å². The number of ether oxygens (including phenoxy) is 1. The summed E-state index contributed by atoms with van der Waals surface area (Å²) in [5, 5.41) is 1.00. The largest absolute Gasteiger partial charge is 0.378 e. The van der Waals surface area contributed by atoms with E-state index in [1.54, 1.807) is 16.8 Å². The van der Waals surface area contributed by atoms with Gasteiger partial charge in [-0.15, -0.1) is 0 Å². The van der Waals surface area contributed by atoms with E-state index >= 15 is 0 Å². The van der Waals surface area contributed by atoms with Gasteiger partial charge in [0.2, 0.25) is 0 Å². The lowest BCUT2D eigenvalue weighted by Gasteiger charge is -2.28. The van der Waals surface area contributed by atoms with Crippen molar-refractivity contribution in [3.05, 3.63) is 81.2 Å². The van der Waals surface area contributed by atoms with Gasteiger partial charge in [-0.1, -0.05) is 15.9 Å². The molecule has 1 aliphatic rings. The summed E-state index contributed by atoms with van der Waals surface area (Å²) in [5.41, 5.74) is 4.29. The van der Waals surface area contributed by atoms with Crippen molar-refractivity contribution in [1.29, 1.82) is 0 Å². The van der Waals surface area contributed by atoms with Gasteiger partial charge in [0.05, 0.1) is 31.6 Å². The number of nitrogens with zero attached hydrogens (tertiary/aromatic N) is 4. The minimum Gasteiger partial charge on any atom is -0.378 e. The summed E-state index contributed by atoms with van der Waals surface area (Å²) in [7, 11) is 1.95. The minimum atomic E-state index is -0.335. The number of fused-ring (bicyclic) bond motifs is 1. The summed E-state index contributed by atoms with van der Waals surface area (Å²) in [6.45, 7) is 3.39. The smallest absolute Gasteiger partial charge is 0.251 e. The Balaban J connectivity index is 1.50. The topological polar surface area (TPSA) is 52.3 Å². The van der Waals surface area contributed by atoms with Crippen LogP contribution in [-0.2, 0) is 18.3 Å². The van der Waals surface area contributed by atoms with Crippen molar-refractivity contribution in [2.45, 2.75) is 6.54 Å². The molecule has 1 fully saturated rings. The molecule has 0 unspecified atom stereocenters. The van der Waals surface area contributed by atoms with Crippen LogP contribution in [0.3, 0.4) is 0 Å². The molecule has 0 radical (unpaired) electrons. The number of hydrogen-bond donors (Lipinski definition) is 0. The third-order valence-electron chi connectivity index (χ3n) is 5.76. The lowest BCUT2D eigenvalue weighted by atomic mass is 10.1. The molecule has 3 aromatic heterocycles. The molecule has 0 atom stereocenters. The molecular weight excluding hydrogens is 475 g/mol. The fraction of sp³-hybridized carbons (Fsp3) is 0.250. The first kappa shape index (κ1) is 20.9. The average molecular weight is 497 g/mol. The van der Waals surface area contributed by atoms with Crippen molar-refractivity contribution in [3.8, 4) is 11.1 Å². The van der Waals surface area contributed by atoms with Gasteiger partial charge in [-0.05, 0) is 41.5 Å². The number of halogens is 2. The highest BCUT2D eigenvalue weighted by atomic mass is 79.9. The number of morpholine rings is 1. The van der Waals surface area contributed by atoms with Crippen molar-refractivity contribution in [1.82, 2.24) is 14.1 Å². The van der Waals surface area contributed by atoms with Gasteiger partial charge in [0, 0.05) is 54.0 Å². The first-order valence-corrected chi connectivity index (χ1v) is 11.2. The third kappa shape index (κ3) is 4.08.